The number of unbranched alkanes of at least 4 members (excludes halogenated alkanes) is 1. The Kier molecular flexibility index (Phi) is 8.21. The number of carbonyl (C=O) groups is 1. The molecule has 0 saturated carbocycles. The van der Waals surface area contributed by atoms with Crippen LogP contribution in [0.1, 0.15) is 46.5 Å². The molecule has 0 fully saturated rings. The fourth-order valence-corrected chi connectivity index (χ4v) is 1.62. The lowest BCUT2D eigenvalue weighted by molar-refractivity contribution is -0.150. The van der Waals surface area contributed by atoms with E-state index in [4.69, 9.17) is 16.2 Å². The lowest BCUT2D eigenvalue weighted by Crippen LogP contribution is -2.34. The zero-order valence-corrected chi connectivity index (χ0v) is 10.7. The maximum Gasteiger partial charge on any atom is 0.323 e. The van der Waals surface area contributed by atoms with Gasteiger partial charge in [-0.1, -0.05) is 20.3 Å². The molecular weight excluding hydrogens is 204 g/mol. The smallest absolute Gasteiger partial charge is 0.323 e. The molecule has 0 spiro atoms. The summed E-state index contributed by atoms with van der Waals surface area (Å²) < 4.78 is 5.26. The van der Waals surface area contributed by atoms with E-state index in [9.17, 15) is 4.79 Å². The highest BCUT2D eigenvalue weighted by atomic mass is 16.5. The van der Waals surface area contributed by atoms with Gasteiger partial charge in [-0.05, 0) is 38.6 Å². The van der Waals surface area contributed by atoms with Gasteiger partial charge >= 0.3 is 5.97 Å². The van der Waals surface area contributed by atoms with Gasteiger partial charge in [0.2, 0.25) is 0 Å². The largest absolute Gasteiger partial charge is 0.462 e. The predicted molar refractivity (Wildman–Crippen MR) is 65.9 cm³/mol. The quantitative estimate of drug-likeness (QED) is 0.488. The number of esters is 1. The van der Waals surface area contributed by atoms with Crippen molar-refractivity contribution in [2.75, 3.05) is 6.54 Å². The third-order valence-corrected chi connectivity index (χ3v) is 2.39. The normalized spacial score (nSPS) is 14.9. The number of rotatable bonds is 8. The summed E-state index contributed by atoms with van der Waals surface area (Å²) in [4.78, 5) is 11.6. The molecule has 0 aromatic heterocycles. The minimum atomic E-state index is -0.499. The van der Waals surface area contributed by atoms with E-state index in [-0.39, 0.29) is 12.1 Å². The Morgan fingerprint density at radius 3 is 2.38 bits per heavy atom. The Hall–Kier alpha value is -0.610. The third-order valence-electron chi connectivity index (χ3n) is 2.39. The summed E-state index contributed by atoms with van der Waals surface area (Å²) in [7, 11) is 0. The van der Waals surface area contributed by atoms with E-state index < -0.39 is 6.04 Å². The van der Waals surface area contributed by atoms with Crippen molar-refractivity contribution >= 4 is 5.97 Å². The molecular formula is C12H26N2O2. The Bertz CT molecular complexity index is 195. The molecule has 16 heavy (non-hydrogen) atoms. The van der Waals surface area contributed by atoms with Crippen molar-refractivity contribution in [1.82, 2.24) is 0 Å². The van der Waals surface area contributed by atoms with Crippen LogP contribution in [0, 0.1) is 5.92 Å². The fraction of sp³-hybridized carbons (Fsp3) is 0.917. The van der Waals surface area contributed by atoms with E-state index in [1.807, 2.05) is 6.92 Å². The van der Waals surface area contributed by atoms with Crippen molar-refractivity contribution in [3.63, 3.8) is 0 Å². The van der Waals surface area contributed by atoms with E-state index in [1.54, 1.807) is 0 Å². The number of ether oxygens (including phenoxy) is 1. The van der Waals surface area contributed by atoms with Gasteiger partial charge in [0.25, 0.3) is 0 Å². The standard InChI is InChI=1S/C12H26N2O2/c1-9(2)8-10(3)16-12(15)11(14)6-4-5-7-13/h9-11H,4-8,13-14H2,1-3H3. The Labute approximate surface area is 98.7 Å². The van der Waals surface area contributed by atoms with E-state index in [2.05, 4.69) is 13.8 Å². The number of carbonyl (C=O) groups excluding carboxylic acids is 1. The van der Waals surface area contributed by atoms with Crippen LogP contribution >= 0.6 is 0 Å². The minimum absolute atomic E-state index is 0.0481. The van der Waals surface area contributed by atoms with Gasteiger partial charge in [-0.25, -0.2) is 0 Å². The lowest BCUT2D eigenvalue weighted by atomic mass is 10.1. The molecule has 0 aromatic carbocycles. The monoisotopic (exact) mass is 230 g/mol. The molecule has 0 aliphatic rings. The summed E-state index contributed by atoms with van der Waals surface area (Å²) in [6.07, 6.45) is 3.27. The van der Waals surface area contributed by atoms with Gasteiger partial charge in [0.05, 0.1) is 6.10 Å². The molecule has 0 bridgehead atoms. The summed E-state index contributed by atoms with van der Waals surface area (Å²) >= 11 is 0. The maximum absolute atomic E-state index is 11.6. The number of hydrogen-bond acceptors (Lipinski definition) is 4. The van der Waals surface area contributed by atoms with Crippen LogP contribution in [-0.2, 0) is 9.53 Å². The second kappa shape index (κ2) is 8.53. The predicted octanol–water partition coefficient (Wildman–Crippen LogP) is 1.42. The summed E-state index contributed by atoms with van der Waals surface area (Å²) in [6.45, 7) is 6.76. The molecule has 4 N–H and O–H groups in total. The topological polar surface area (TPSA) is 78.3 Å². The third kappa shape index (κ3) is 7.65. The van der Waals surface area contributed by atoms with Gasteiger partial charge in [0, 0.05) is 0 Å². The molecule has 0 aliphatic heterocycles. The molecule has 96 valence electrons. The van der Waals surface area contributed by atoms with Crippen LogP contribution in [0.5, 0.6) is 0 Å². The van der Waals surface area contributed by atoms with Gasteiger partial charge in [-0.15, -0.1) is 0 Å². The van der Waals surface area contributed by atoms with Gasteiger partial charge in [0.1, 0.15) is 6.04 Å². The van der Waals surface area contributed by atoms with Crippen LogP contribution in [0.2, 0.25) is 0 Å². The van der Waals surface area contributed by atoms with Gasteiger partial charge in [-0.3, -0.25) is 4.79 Å². The van der Waals surface area contributed by atoms with E-state index >= 15 is 0 Å². The zero-order chi connectivity index (χ0) is 12.6. The van der Waals surface area contributed by atoms with Crippen molar-refractivity contribution in [3.8, 4) is 0 Å². The first-order chi connectivity index (χ1) is 7.47. The second-order valence-corrected chi connectivity index (χ2v) is 4.77. The molecule has 0 aromatic rings. The first-order valence-electron chi connectivity index (χ1n) is 6.13. The first-order valence-corrected chi connectivity index (χ1v) is 6.13. The van der Waals surface area contributed by atoms with Crippen molar-refractivity contribution < 1.29 is 9.53 Å². The van der Waals surface area contributed by atoms with Crippen LogP contribution in [0.4, 0.5) is 0 Å². The van der Waals surface area contributed by atoms with Crippen LogP contribution in [-0.4, -0.2) is 24.7 Å². The SMILES string of the molecule is CC(C)CC(C)OC(=O)C(N)CCCCN. The van der Waals surface area contributed by atoms with Crippen LogP contribution in [0.25, 0.3) is 0 Å². The van der Waals surface area contributed by atoms with Crippen molar-refractivity contribution in [1.29, 1.82) is 0 Å². The summed E-state index contributed by atoms with van der Waals surface area (Å²) in [5.74, 6) is 0.237. The highest BCUT2D eigenvalue weighted by molar-refractivity contribution is 5.75. The maximum atomic E-state index is 11.6. The second-order valence-electron chi connectivity index (χ2n) is 4.77. The molecule has 4 nitrogen and oxygen atoms in total. The molecule has 0 radical (unpaired) electrons. The molecule has 0 rings (SSSR count). The lowest BCUT2D eigenvalue weighted by Gasteiger charge is -2.18. The highest BCUT2D eigenvalue weighted by Crippen LogP contribution is 2.09. The summed E-state index contributed by atoms with van der Waals surface area (Å²) in [5.41, 5.74) is 11.1. The van der Waals surface area contributed by atoms with E-state index in [1.165, 1.54) is 0 Å². The fourth-order valence-electron chi connectivity index (χ4n) is 1.62. The summed E-state index contributed by atoms with van der Waals surface area (Å²) in [5, 5.41) is 0. The molecule has 0 aliphatic carbocycles. The van der Waals surface area contributed by atoms with Gasteiger partial charge in [-0.2, -0.15) is 0 Å². The van der Waals surface area contributed by atoms with Crippen molar-refractivity contribution in [2.45, 2.75) is 58.6 Å². The van der Waals surface area contributed by atoms with Gasteiger partial charge in [0.15, 0.2) is 0 Å². The average Bonchev–Trinajstić information content (AvgIpc) is 2.16. The number of nitrogens with two attached hydrogens (primary N) is 2. The summed E-state index contributed by atoms with van der Waals surface area (Å²) in [6, 6.07) is -0.499. The van der Waals surface area contributed by atoms with Crippen LogP contribution < -0.4 is 11.5 Å². The number of hydrogen-bond donors (Lipinski definition) is 2. The molecule has 4 heteroatoms. The van der Waals surface area contributed by atoms with E-state index in [0.717, 1.165) is 19.3 Å². The van der Waals surface area contributed by atoms with E-state index in [0.29, 0.717) is 18.9 Å². The molecule has 0 heterocycles. The first kappa shape index (κ1) is 15.4. The molecule has 0 amide bonds. The van der Waals surface area contributed by atoms with Crippen LogP contribution in [0.15, 0.2) is 0 Å². The Morgan fingerprint density at radius 2 is 1.88 bits per heavy atom. The molecule has 2 unspecified atom stereocenters. The van der Waals surface area contributed by atoms with Crippen molar-refractivity contribution in [3.05, 3.63) is 0 Å². The van der Waals surface area contributed by atoms with Crippen molar-refractivity contribution in [2.24, 2.45) is 17.4 Å². The molecule has 0 saturated heterocycles. The minimum Gasteiger partial charge on any atom is -0.462 e. The Morgan fingerprint density at radius 1 is 1.25 bits per heavy atom. The van der Waals surface area contributed by atoms with Gasteiger partial charge < -0.3 is 16.2 Å². The molecule has 2 atom stereocenters. The van der Waals surface area contributed by atoms with Crippen LogP contribution in [0.3, 0.4) is 0 Å². The highest BCUT2D eigenvalue weighted by Gasteiger charge is 2.17. The average molecular weight is 230 g/mol. The zero-order valence-electron chi connectivity index (χ0n) is 10.7. The Balaban J connectivity index is 3.77.